The molecule has 0 amide bonds. The van der Waals surface area contributed by atoms with Crippen LogP contribution in [0.5, 0.6) is 0 Å². The first-order valence-corrected chi connectivity index (χ1v) is 10.4. The Bertz CT molecular complexity index is 1060. The topological polar surface area (TPSA) is 69.6 Å². The van der Waals surface area contributed by atoms with Gasteiger partial charge in [-0.15, -0.1) is 10.2 Å². The molecule has 0 aliphatic rings. The normalized spacial score (nSPS) is 11.1. The van der Waals surface area contributed by atoms with Crippen molar-refractivity contribution in [1.82, 2.24) is 24.9 Å². The summed E-state index contributed by atoms with van der Waals surface area (Å²) in [7, 11) is 0. The summed E-state index contributed by atoms with van der Waals surface area (Å²) in [6, 6.07) is 16.1. The summed E-state index contributed by atoms with van der Waals surface area (Å²) in [4.78, 5) is 4.44. The van der Waals surface area contributed by atoms with E-state index in [9.17, 15) is 4.39 Å². The third-order valence-electron chi connectivity index (χ3n) is 4.33. The molecule has 0 spiro atoms. The van der Waals surface area contributed by atoms with Crippen LogP contribution in [0.1, 0.15) is 31.5 Å². The molecular weight excluding hydrogens is 389 g/mol. The lowest BCUT2D eigenvalue weighted by atomic mass is 10.2. The van der Waals surface area contributed by atoms with Crippen LogP contribution >= 0.6 is 11.8 Å². The lowest BCUT2D eigenvalue weighted by Gasteiger charge is -2.10. The van der Waals surface area contributed by atoms with Crippen LogP contribution in [0, 0.1) is 5.82 Å². The van der Waals surface area contributed by atoms with Gasteiger partial charge in [-0.1, -0.05) is 60.6 Å². The highest BCUT2D eigenvalue weighted by Crippen LogP contribution is 2.29. The van der Waals surface area contributed by atoms with Crippen molar-refractivity contribution in [2.75, 3.05) is 0 Å². The fourth-order valence-electron chi connectivity index (χ4n) is 2.87. The number of thioether (sulfide) groups is 1. The molecule has 2 aromatic heterocycles. The highest BCUT2D eigenvalue weighted by atomic mass is 32.2. The standard InChI is InChI=1S/C21H20FN5OS/c1-2-3-9-19-23-18(26-28-19)14-29-21-25-24-20(15-7-5-4-6-8-15)27(21)17-12-10-16(22)11-13-17/h4-8,10-13H,2-3,9,14H2,1H3. The van der Waals surface area contributed by atoms with E-state index in [4.69, 9.17) is 4.52 Å². The number of benzene rings is 2. The lowest BCUT2D eigenvalue weighted by molar-refractivity contribution is 0.371. The number of hydrogen-bond acceptors (Lipinski definition) is 6. The average Bonchev–Trinajstić information content (AvgIpc) is 3.39. The summed E-state index contributed by atoms with van der Waals surface area (Å²) >= 11 is 1.46. The molecule has 0 unspecified atom stereocenters. The molecule has 0 fully saturated rings. The van der Waals surface area contributed by atoms with Gasteiger partial charge in [0.05, 0.1) is 5.75 Å². The van der Waals surface area contributed by atoms with Crippen molar-refractivity contribution in [3.8, 4) is 17.1 Å². The van der Waals surface area contributed by atoms with Gasteiger partial charge in [0.15, 0.2) is 16.8 Å². The number of hydrogen-bond donors (Lipinski definition) is 0. The van der Waals surface area contributed by atoms with Gasteiger partial charge in [-0.25, -0.2) is 4.39 Å². The number of halogens is 1. The van der Waals surface area contributed by atoms with E-state index < -0.39 is 0 Å². The fraction of sp³-hybridized carbons (Fsp3) is 0.238. The average molecular weight is 409 g/mol. The van der Waals surface area contributed by atoms with Crippen molar-refractivity contribution in [1.29, 1.82) is 0 Å². The molecular formula is C21H20FN5OS. The van der Waals surface area contributed by atoms with E-state index in [1.165, 1.54) is 23.9 Å². The van der Waals surface area contributed by atoms with Crippen molar-refractivity contribution >= 4 is 11.8 Å². The number of rotatable bonds is 8. The summed E-state index contributed by atoms with van der Waals surface area (Å²) in [6.07, 6.45) is 2.89. The second-order valence-corrected chi connectivity index (χ2v) is 7.42. The molecule has 4 aromatic rings. The molecule has 0 aliphatic carbocycles. The molecule has 4 rings (SSSR count). The molecule has 148 valence electrons. The van der Waals surface area contributed by atoms with Gasteiger partial charge < -0.3 is 4.52 Å². The Balaban J connectivity index is 1.62. The van der Waals surface area contributed by atoms with Gasteiger partial charge >= 0.3 is 0 Å². The van der Waals surface area contributed by atoms with Crippen LogP contribution in [0.3, 0.4) is 0 Å². The van der Waals surface area contributed by atoms with Crippen LogP contribution < -0.4 is 0 Å². The van der Waals surface area contributed by atoms with E-state index in [0.717, 1.165) is 30.5 Å². The summed E-state index contributed by atoms with van der Waals surface area (Å²) < 4.78 is 20.7. The molecule has 29 heavy (non-hydrogen) atoms. The predicted octanol–water partition coefficient (Wildman–Crippen LogP) is 5.09. The second-order valence-electron chi connectivity index (χ2n) is 6.48. The lowest BCUT2D eigenvalue weighted by Crippen LogP contribution is -2.00. The van der Waals surface area contributed by atoms with Crippen LogP contribution in [-0.4, -0.2) is 24.9 Å². The van der Waals surface area contributed by atoms with Crippen molar-refractivity contribution in [3.63, 3.8) is 0 Å². The number of aromatic nitrogens is 5. The minimum absolute atomic E-state index is 0.288. The van der Waals surface area contributed by atoms with Crippen LogP contribution in [0.15, 0.2) is 64.3 Å². The minimum Gasteiger partial charge on any atom is -0.339 e. The predicted molar refractivity (Wildman–Crippen MR) is 109 cm³/mol. The molecule has 0 saturated carbocycles. The van der Waals surface area contributed by atoms with Crippen LogP contribution in [-0.2, 0) is 12.2 Å². The first-order chi connectivity index (χ1) is 14.2. The van der Waals surface area contributed by atoms with Gasteiger partial charge in [-0.3, -0.25) is 4.57 Å². The highest BCUT2D eigenvalue weighted by molar-refractivity contribution is 7.98. The Morgan fingerprint density at radius 1 is 1.03 bits per heavy atom. The van der Waals surface area contributed by atoms with E-state index in [2.05, 4.69) is 27.3 Å². The van der Waals surface area contributed by atoms with Crippen molar-refractivity contribution in [2.24, 2.45) is 0 Å². The van der Waals surface area contributed by atoms with Gasteiger partial charge in [0, 0.05) is 17.7 Å². The number of nitrogens with zero attached hydrogens (tertiary/aromatic N) is 5. The van der Waals surface area contributed by atoms with Crippen molar-refractivity contribution in [2.45, 2.75) is 37.1 Å². The van der Waals surface area contributed by atoms with Crippen LogP contribution in [0.25, 0.3) is 17.1 Å². The van der Waals surface area contributed by atoms with Crippen LogP contribution in [0.4, 0.5) is 4.39 Å². The van der Waals surface area contributed by atoms with E-state index in [1.807, 2.05) is 34.9 Å². The quantitative estimate of drug-likeness (QED) is 0.378. The minimum atomic E-state index is -0.288. The summed E-state index contributed by atoms with van der Waals surface area (Å²) in [5.41, 5.74) is 1.71. The monoisotopic (exact) mass is 409 g/mol. The van der Waals surface area contributed by atoms with Gasteiger partial charge in [0.2, 0.25) is 5.89 Å². The third-order valence-corrected chi connectivity index (χ3v) is 5.26. The maximum Gasteiger partial charge on any atom is 0.226 e. The molecule has 0 N–H and O–H groups in total. The summed E-state index contributed by atoms with van der Waals surface area (Å²) in [5.74, 6) is 2.19. The zero-order valence-corrected chi connectivity index (χ0v) is 16.8. The van der Waals surface area contributed by atoms with Gasteiger partial charge in [-0.05, 0) is 30.7 Å². The largest absolute Gasteiger partial charge is 0.339 e. The van der Waals surface area contributed by atoms with Crippen molar-refractivity contribution < 1.29 is 8.91 Å². The van der Waals surface area contributed by atoms with Crippen LogP contribution in [0.2, 0.25) is 0 Å². The summed E-state index contributed by atoms with van der Waals surface area (Å²) in [5, 5.41) is 13.5. The highest BCUT2D eigenvalue weighted by Gasteiger charge is 2.17. The van der Waals surface area contributed by atoms with E-state index in [0.29, 0.717) is 28.4 Å². The van der Waals surface area contributed by atoms with E-state index in [-0.39, 0.29) is 5.82 Å². The molecule has 0 atom stereocenters. The maximum atomic E-state index is 13.4. The zero-order valence-electron chi connectivity index (χ0n) is 16.0. The van der Waals surface area contributed by atoms with E-state index in [1.54, 1.807) is 12.1 Å². The molecule has 0 radical (unpaired) electrons. The number of aryl methyl sites for hydroxylation is 1. The van der Waals surface area contributed by atoms with E-state index >= 15 is 0 Å². The molecule has 0 bridgehead atoms. The molecule has 8 heteroatoms. The molecule has 6 nitrogen and oxygen atoms in total. The smallest absolute Gasteiger partial charge is 0.226 e. The zero-order chi connectivity index (χ0) is 20.1. The Labute approximate surface area is 172 Å². The maximum absolute atomic E-state index is 13.4. The molecule has 0 saturated heterocycles. The Kier molecular flexibility index (Phi) is 6.00. The molecule has 0 aliphatic heterocycles. The molecule has 2 heterocycles. The first-order valence-electron chi connectivity index (χ1n) is 9.45. The SMILES string of the molecule is CCCCc1nc(CSc2nnc(-c3ccccc3)n2-c2ccc(F)cc2)no1. The van der Waals surface area contributed by atoms with Crippen molar-refractivity contribution in [3.05, 3.63) is 72.1 Å². The molecule has 2 aromatic carbocycles. The second kappa shape index (κ2) is 9.00. The Morgan fingerprint density at radius 2 is 1.83 bits per heavy atom. The van der Waals surface area contributed by atoms with Gasteiger partial charge in [0.25, 0.3) is 0 Å². The first kappa shape index (κ1) is 19.3. The Morgan fingerprint density at radius 3 is 2.59 bits per heavy atom. The number of unbranched alkanes of at least 4 members (excludes halogenated alkanes) is 1. The summed E-state index contributed by atoms with van der Waals surface area (Å²) in [6.45, 7) is 2.12. The Hall–Kier alpha value is -3.00. The third kappa shape index (κ3) is 4.54. The fourth-order valence-corrected chi connectivity index (χ4v) is 3.66. The van der Waals surface area contributed by atoms with Gasteiger partial charge in [0.1, 0.15) is 5.82 Å². The van der Waals surface area contributed by atoms with Gasteiger partial charge in [-0.2, -0.15) is 4.98 Å².